The highest BCUT2D eigenvalue weighted by Crippen LogP contribution is 2.46. The van der Waals surface area contributed by atoms with Crippen molar-refractivity contribution in [3.8, 4) is 0 Å². The topological polar surface area (TPSA) is 12.0 Å². The Labute approximate surface area is 101 Å². The Kier molecular flexibility index (Phi) is 3.94. The van der Waals surface area contributed by atoms with Crippen LogP contribution in [-0.2, 0) is 0 Å². The molecule has 1 nitrogen and oxygen atoms in total. The largest absolute Gasteiger partial charge is 0.311 e. The quantitative estimate of drug-likeness (QED) is 0.763. The van der Waals surface area contributed by atoms with Crippen molar-refractivity contribution in [1.82, 2.24) is 5.32 Å². The second-order valence-corrected chi connectivity index (χ2v) is 6.28. The first-order chi connectivity index (χ1) is 7.70. The highest BCUT2D eigenvalue weighted by molar-refractivity contribution is 5.03. The van der Waals surface area contributed by atoms with Crippen LogP contribution in [-0.4, -0.2) is 12.1 Å². The maximum Gasteiger partial charge on any atom is 0.0235 e. The molecule has 2 fully saturated rings. The Balaban J connectivity index is 2.17. The SMILES string of the molecule is CCC1CCCCC1C1(C(C)C)CCCN1. The van der Waals surface area contributed by atoms with Crippen molar-refractivity contribution in [3.05, 3.63) is 0 Å². The Morgan fingerprint density at radius 3 is 2.50 bits per heavy atom. The van der Waals surface area contributed by atoms with Gasteiger partial charge >= 0.3 is 0 Å². The first-order valence-corrected chi connectivity index (χ1v) is 7.45. The van der Waals surface area contributed by atoms with E-state index in [4.69, 9.17) is 0 Å². The molecule has 0 aromatic carbocycles. The van der Waals surface area contributed by atoms with Gasteiger partial charge in [-0.05, 0) is 43.6 Å². The van der Waals surface area contributed by atoms with E-state index in [1.807, 2.05) is 0 Å². The van der Waals surface area contributed by atoms with Crippen molar-refractivity contribution in [3.63, 3.8) is 0 Å². The van der Waals surface area contributed by atoms with Gasteiger partial charge < -0.3 is 5.32 Å². The summed E-state index contributed by atoms with van der Waals surface area (Å²) in [5, 5.41) is 3.90. The molecule has 1 N–H and O–H groups in total. The predicted molar refractivity (Wildman–Crippen MR) is 70.5 cm³/mol. The van der Waals surface area contributed by atoms with E-state index in [0.29, 0.717) is 5.54 Å². The Bertz CT molecular complexity index is 215. The summed E-state index contributed by atoms with van der Waals surface area (Å²) in [6.45, 7) is 8.51. The summed E-state index contributed by atoms with van der Waals surface area (Å²) in [7, 11) is 0. The number of rotatable bonds is 3. The van der Waals surface area contributed by atoms with Crippen LogP contribution in [0, 0.1) is 17.8 Å². The van der Waals surface area contributed by atoms with Gasteiger partial charge in [-0.2, -0.15) is 0 Å². The van der Waals surface area contributed by atoms with E-state index in [1.54, 1.807) is 0 Å². The molecule has 1 heterocycles. The molecule has 2 rings (SSSR count). The minimum absolute atomic E-state index is 0.487. The van der Waals surface area contributed by atoms with Gasteiger partial charge in [-0.3, -0.25) is 0 Å². The zero-order valence-electron chi connectivity index (χ0n) is 11.4. The van der Waals surface area contributed by atoms with Gasteiger partial charge in [0, 0.05) is 5.54 Å². The molecule has 0 spiro atoms. The molecule has 1 aliphatic heterocycles. The molecule has 0 bridgehead atoms. The predicted octanol–water partition coefficient (Wildman–Crippen LogP) is 3.98. The lowest BCUT2D eigenvalue weighted by molar-refractivity contribution is 0.0744. The van der Waals surface area contributed by atoms with Crippen molar-refractivity contribution in [1.29, 1.82) is 0 Å². The molecule has 3 atom stereocenters. The first-order valence-electron chi connectivity index (χ1n) is 7.45. The second kappa shape index (κ2) is 5.08. The van der Waals surface area contributed by atoms with Crippen LogP contribution in [0.4, 0.5) is 0 Å². The highest BCUT2D eigenvalue weighted by atomic mass is 15.0. The van der Waals surface area contributed by atoms with E-state index in [9.17, 15) is 0 Å². The maximum absolute atomic E-state index is 3.90. The third-order valence-electron chi connectivity index (χ3n) is 5.35. The fraction of sp³-hybridized carbons (Fsp3) is 1.00. The van der Waals surface area contributed by atoms with Crippen molar-refractivity contribution < 1.29 is 0 Å². The minimum atomic E-state index is 0.487. The van der Waals surface area contributed by atoms with Gasteiger partial charge in [-0.25, -0.2) is 0 Å². The van der Waals surface area contributed by atoms with Crippen molar-refractivity contribution in [2.45, 2.75) is 71.3 Å². The van der Waals surface area contributed by atoms with Gasteiger partial charge in [0.2, 0.25) is 0 Å². The molecule has 1 saturated heterocycles. The van der Waals surface area contributed by atoms with Crippen LogP contribution in [0.15, 0.2) is 0 Å². The molecule has 3 unspecified atom stereocenters. The van der Waals surface area contributed by atoms with Crippen molar-refractivity contribution >= 4 is 0 Å². The van der Waals surface area contributed by atoms with Crippen LogP contribution < -0.4 is 5.32 Å². The Hall–Kier alpha value is -0.0400. The van der Waals surface area contributed by atoms with Crippen LogP contribution in [0.5, 0.6) is 0 Å². The van der Waals surface area contributed by atoms with E-state index in [0.717, 1.165) is 17.8 Å². The zero-order chi connectivity index (χ0) is 11.6. The smallest absolute Gasteiger partial charge is 0.0235 e. The molecule has 0 radical (unpaired) electrons. The van der Waals surface area contributed by atoms with Gasteiger partial charge in [0.1, 0.15) is 0 Å². The summed E-state index contributed by atoms with van der Waals surface area (Å²) in [6.07, 6.45) is 10.1. The van der Waals surface area contributed by atoms with Crippen LogP contribution in [0.3, 0.4) is 0 Å². The van der Waals surface area contributed by atoms with E-state index in [1.165, 1.54) is 51.5 Å². The van der Waals surface area contributed by atoms with E-state index in [-0.39, 0.29) is 0 Å². The maximum atomic E-state index is 3.90. The number of hydrogen-bond donors (Lipinski definition) is 1. The molecule has 16 heavy (non-hydrogen) atoms. The lowest BCUT2D eigenvalue weighted by atomic mass is 9.63. The van der Waals surface area contributed by atoms with Crippen molar-refractivity contribution in [2.75, 3.05) is 6.54 Å². The highest BCUT2D eigenvalue weighted by Gasteiger charge is 2.46. The molecule has 94 valence electrons. The van der Waals surface area contributed by atoms with Gasteiger partial charge in [-0.1, -0.05) is 46.5 Å². The van der Waals surface area contributed by atoms with Crippen LogP contribution >= 0.6 is 0 Å². The standard InChI is InChI=1S/C15H29N/c1-4-13-8-5-6-9-14(13)15(12(2)3)10-7-11-16-15/h12-14,16H,4-11H2,1-3H3. The van der Waals surface area contributed by atoms with Gasteiger partial charge in [0.15, 0.2) is 0 Å². The molecule has 0 amide bonds. The summed E-state index contributed by atoms with van der Waals surface area (Å²) in [6, 6.07) is 0. The summed E-state index contributed by atoms with van der Waals surface area (Å²) >= 11 is 0. The molecule has 1 aliphatic carbocycles. The molecular weight excluding hydrogens is 194 g/mol. The molecule has 1 saturated carbocycles. The van der Waals surface area contributed by atoms with Gasteiger partial charge in [0.25, 0.3) is 0 Å². The summed E-state index contributed by atoms with van der Waals surface area (Å²) in [5.41, 5.74) is 0.487. The van der Waals surface area contributed by atoms with E-state index < -0.39 is 0 Å². The van der Waals surface area contributed by atoms with Crippen LogP contribution in [0.25, 0.3) is 0 Å². The van der Waals surface area contributed by atoms with Gasteiger partial charge in [0.05, 0.1) is 0 Å². The fourth-order valence-electron chi connectivity index (χ4n) is 4.40. The normalized spacial score (nSPS) is 40.5. The molecule has 2 aliphatic rings. The summed E-state index contributed by atoms with van der Waals surface area (Å²) in [4.78, 5) is 0. The molecule has 1 heteroatoms. The fourth-order valence-corrected chi connectivity index (χ4v) is 4.40. The average Bonchev–Trinajstić information content (AvgIpc) is 2.79. The number of hydrogen-bond acceptors (Lipinski definition) is 1. The van der Waals surface area contributed by atoms with Crippen LogP contribution in [0.1, 0.15) is 65.7 Å². The third kappa shape index (κ3) is 2.03. The molecule has 0 aromatic heterocycles. The summed E-state index contributed by atoms with van der Waals surface area (Å²) < 4.78 is 0. The molecular formula is C15H29N. The van der Waals surface area contributed by atoms with E-state index >= 15 is 0 Å². The number of nitrogens with one attached hydrogen (secondary N) is 1. The monoisotopic (exact) mass is 223 g/mol. The lowest BCUT2D eigenvalue weighted by Gasteiger charge is -2.47. The average molecular weight is 223 g/mol. The Morgan fingerprint density at radius 1 is 1.19 bits per heavy atom. The second-order valence-electron chi connectivity index (χ2n) is 6.28. The Morgan fingerprint density at radius 2 is 1.94 bits per heavy atom. The third-order valence-corrected chi connectivity index (χ3v) is 5.35. The lowest BCUT2D eigenvalue weighted by Crippen LogP contribution is -2.54. The van der Waals surface area contributed by atoms with E-state index in [2.05, 4.69) is 26.1 Å². The van der Waals surface area contributed by atoms with Gasteiger partial charge in [-0.15, -0.1) is 0 Å². The van der Waals surface area contributed by atoms with Crippen LogP contribution in [0.2, 0.25) is 0 Å². The zero-order valence-corrected chi connectivity index (χ0v) is 11.4. The first kappa shape index (κ1) is 12.4. The molecule has 0 aromatic rings. The summed E-state index contributed by atoms with van der Waals surface area (Å²) in [5.74, 6) is 2.74. The van der Waals surface area contributed by atoms with Crippen molar-refractivity contribution in [2.24, 2.45) is 17.8 Å². The minimum Gasteiger partial charge on any atom is -0.311 e.